The van der Waals surface area contributed by atoms with Gasteiger partial charge in [0.2, 0.25) is 0 Å². The molecule has 0 saturated carbocycles. The van der Waals surface area contributed by atoms with Crippen LogP contribution in [-0.4, -0.2) is 21.8 Å². The van der Waals surface area contributed by atoms with Crippen molar-refractivity contribution in [2.75, 3.05) is 0 Å². The number of hydrogen-bond donors (Lipinski definition) is 2. The van der Waals surface area contributed by atoms with Crippen molar-refractivity contribution in [3.05, 3.63) is 34.9 Å². The van der Waals surface area contributed by atoms with Gasteiger partial charge in [-0.15, -0.1) is 0 Å². The van der Waals surface area contributed by atoms with Crippen LogP contribution in [0.4, 0.5) is 0 Å². The predicted octanol–water partition coefficient (Wildman–Crippen LogP) is 5.40. The number of hydrogen-bond acceptors (Lipinski definition) is 3. The van der Waals surface area contributed by atoms with Crippen molar-refractivity contribution in [2.45, 2.75) is 78.2 Å². The summed E-state index contributed by atoms with van der Waals surface area (Å²) >= 11 is 0. The standard InChI is InChI=1S/C22H32O4/c1-15(7-5-9-16(2)21(24)25)8-6-11-22(4)12-10-18-14-19(23)13-17(3)20(18)26-22/h8,13-14,16,23H,5-7,9-12H2,1-4H3,(H,24,25)/b15-8+. The highest BCUT2D eigenvalue weighted by Gasteiger charge is 2.31. The van der Waals surface area contributed by atoms with Crippen LogP contribution in [0, 0.1) is 12.8 Å². The van der Waals surface area contributed by atoms with Crippen LogP contribution in [0.15, 0.2) is 23.8 Å². The highest BCUT2D eigenvalue weighted by Crippen LogP contribution is 2.39. The van der Waals surface area contributed by atoms with Gasteiger partial charge in [-0.25, -0.2) is 0 Å². The fourth-order valence-corrected chi connectivity index (χ4v) is 3.57. The molecule has 0 fully saturated rings. The molecule has 0 spiro atoms. The van der Waals surface area contributed by atoms with E-state index in [1.807, 2.05) is 13.0 Å². The molecule has 0 amide bonds. The smallest absolute Gasteiger partial charge is 0.306 e. The molecule has 0 aliphatic carbocycles. The number of carboxylic acids is 1. The fourth-order valence-electron chi connectivity index (χ4n) is 3.57. The number of aromatic hydroxyl groups is 1. The third kappa shape index (κ3) is 5.52. The number of carboxylic acid groups (broad SMARTS) is 1. The maximum absolute atomic E-state index is 10.8. The number of benzene rings is 1. The Kier molecular flexibility index (Phi) is 6.74. The maximum atomic E-state index is 10.8. The van der Waals surface area contributed by atoms with Crippen LogP contribution in [0.25, 0.3) is 0 Å². The van der Waals surface area contributed by atoms with Crippen LogP contribution >= 0.6 is 0 Å². The topological polar surface area (TPSA) is 66.8 Å². The summed E-state index contributed by atoms with van der Waals surface area (Å²) in [5.74, 6) is 0.266. The SMILES string of the molecule is C/C(=C\CCC1(C)CCc2cc(O)cc(C)c2O1)CCCC(C)C(=O)O. The Bertz CT molecular complexity index is 677. The van der Waals surface area contributed by atoms with Gasteiger partial charge >= 0.3 is 5.97 Å². The van der Waals surface area contributed by atoms with Gasteiger partial charge in [0.1, 0.15) is 17.1 Å². The predicted molar refractivity (Wildman–Crippen MR) is 104 cm³/mol. The van der Waals surface area contributed by atoms with Gasteiger partial charge in [-0.2, -0.15) is 0 Å². The molecule has 2 unspecified atom stereocenters. The number of phenolic OH excluding ortho intramolecular Hbond substituents is 1. The van der Waals surface area contributed by atoms with E-state index in [2.05, 4.69) is 19.9 Å². The number of fused-ring (bicyclic) bond motifs is 1. The van der Waals surface area contributed by atoms with Gasteiger partial charge in [-0.05, 0) is 89.0 Å². The van der Waals surface area contributed by atoms with Crippen LogP contribution < -0.4 is 4.74 Å². The summed E-state index contributed by atoms with van der Waals surface area (Å²) in [7, 11) is 0. The van der Waals surface area contributed by atoms with Gasteiger partial charge in [0.25, 0.3) is 0 Å². The Labute approximate surface area is 156 Å². The number of phenols is 1. The van der Waals surface area contributed by atoms with E-state index in [1.54, 1.807) is 13.0 Å². The zero-order chi connectivity index (χ0) is 19.3. The van der Waals surface area contributed by atoms with E-state index < -0.39 is 5.97 Å². The second kappa shape index (κ2) is 8.61. The molecule has 0 saturated heterocycles. The first-order valence-corrected chi connectivity index (χ1v) is 9.60. The Balaban J connectivity index is 1.84. The fraction of sp³-hybridized carbons (Fsp3) is 0.591. The van der Waals surface area contributed by atoms with E-state index in [0.29, 0.717) is 5.75 Å². The third-order valence-electron chi connectivity index (χ3n) is 5.40. The molecule has 1 aliphatic heterocycles. The van der Waals surface area contributed by atoms with E-state index in [0.717, 1.165) is 61.8 Å². The highest BCUT2D eigenvalue weighted by atomic mass is 16.5. The second-order valence-corrected chi connectivity index (χ2v) is 8.02. The van der Waals surface area contributed by atoms with Crippen LogP contribution in [0.5, 0.6) is 11.5 Å². The molecule has 1 aromatic rings. The molecule has 2 N–H and O–H groups in total. The molecule has 0 radical (unpaired) electrons. The monoisotopic (exact) mass is 360 g/mol. The molecule has 26 heavy (non-hydrogen) atoms. The minimum atomic E-state index is -0.710. The molecule has 0 aromatic heterocycles. The van der Waals surface area contributed by atoms with E-state index >= 15 is 0 Å². The first-order chi connectivity index (χ1) is 12.2. The van der Waals surface area contributed by atoms with Crippen LogP contribution in [-0.2, 0) is 11.2 Å². The molecule has 1 aromatic carbocycles. The number of rotatable bonds is 8. The van der Waals surface area contributed by atoms with Gasteiger partial charge in [-0.3, -0.25) is 4.79 Å². The first kappa shape index (κ1) is 20.3. The lowest BCUT2D eigenvalue weighted by molar-refractivity contribution is -0.141. The largest absolute Gasteiger partial charge is 0.508 e. The van der Waals surface area contributed by atoms with Crippen molar-refractivity contribution in [1.29, 1.82) is 0 Å². The number of aryl methyl sites for hydroxylation is 2. The summed E-state index contributed by atoms with van der Waals surface area (Å²) in [6.45, 7) is 8.03. The van der Waals surface area contributed by atoms with Crippen molar-refractivity contribution in [3.63, 3.8) is 0 Å². The maximum Gasteiger partial charge on any atom is 0.306 e. The molecule has 0 bridgehead atoms. The van der Waals surface area contributed by atoms with Gasteiger partial charge in [0.15, 0.2) is 0 Å². The number of carbonyl (C=O) groups is 1. The summed E-state index contributed by atoms with van der Waals surface area (Å²) in [5, 5.41) is 18.7. The van der Waals surface area contributed by atoms with Crippen molar-refractivity contribution >= 4 is 5.97 Å². The number of aliphatic carboxylic acids is 1. The summed E-state index contributed by atoms with van der Waals surface area (Å²) in [5.41, 5.74) is 3.23. The lowest BCUT2D eigenvalue weighted by Gasteiger charge is -2.36. The number of allylic oxidation sites excluding steroid dienone is 2. The Hall–Kier alpha value is -1.97. The van der Waals surface area contributed by atoms with Crippen molar-refractivity contribution in [3.8, 4) is 11.5 Å². The average molecular weight is 360 g/mol. The first-order valence-electron chi connectivity index (χ1n) is 9.60. The van der Waals surface area contributed by atoms with Gasteiger partial charge < -0.3 is 14.9 Å². The molecular formula is C22H32O4. The van der Waals surface area contributed by atoms with Crippen molar-refractivity contribution in [1.82, 2.24) is 0 Å². The summed E-state index contributed by atoms with van der Waals surface area (Å²) in [4.78, 5) is 10.8. The van der Waals surface area contributed by atoms with Crippen LogP contribution in [0.1, 0.15) is 70.4 Å². The lowest BCUT2D eigenvalue weighted by Crippen LogP contribution is -2.36. The third-order valence-corrected chi connectivity index (χ3v) is 5.40. The average Bonchev–Trinajstić information content (AvgIpc) is 2.55. The van der Waals surface area contributed by atoms with E-state index in [4.69, 9.17) is 9.84 Å². The minimum absolute atomic E-state index is 0.177. The van der Waals surface area contributed by atoms with Gasteiger partial charge in [-0.1, -0.05) is 18.6 Å². The van der Waals surface area contributed by atoms with Gasteiger partial charge in [0, 0.05) is 0 Å². The lowest BCUT2D eigenvalue weighted by atomic mass is 9.87. The molecule has 4 heteroatoms. The summed E-state index contributed by atoms with van der Waals surface area (Å²) < 4.78 is 6.32. The van der Waals surface area contributed by atoms with E-state index in [1.165, 1.54) is 5.57 Å². The zero-order valence-corrected chi connectivity index (χ0v) is 16.5. The normalized spacial score (nSPS) is 21.0. The Morgan fingerprint density at radius 2 is 2.15 bits per heavy atom. The molecule has 1 aliphatic rings. The van der Waals surface area contributed by atoms with Crippen molar-refractivity contribution in [2.24, 2.45) is 5.92 Å². The van der Waals surface area contributed by atoms with E-state index in [-0.39, 0.29) is 11.5 Å². The van der Waals surface area contributed by atoms with Crippen LogP contribution in [0.2, 0.25) is 0 Å². The Morgan fingerprint density at radius 1 is 1.42 bits per heavy atom. The summed E-state index contributed by atoms with van der Waals surface area (Å²) in [6.07, 6.45) is 8.65. The molecule has 2 rings (SSSR count). The molecule has 1 heterocycles. The molecule has 144 valence electrons. The molecule has 4 nitrogen and oxygen atoms in total. The second-order valence-electron chi connectivity index (χ2n) is 8.02. The summed E-state index contributed by atoms with van der Waals surface area (Å²) in [6, 6.07) is 3.57. The quantitative estimate of drug-likeness (QED) is 0.609. The van der Waals surface area contributed by atoms with E-state index in [9.17, 15) is 9.90 Å². The number of ether oxygens (including phenoxy) is 1. The Morgan fingerprint density at radius 3 is 2.85 bits per heavy atom. The molecular weight excluding hydrogens is 328 g/mol. The molecule has 2 atom stereocenters. The highest BCUT2D eigenvalue weighted by molar-refractivity contribution is 5.69. The van der Waals surface area contributed by atoms with Crippen molar-refractivity contribution < 1.29 is 19.7 Å². The zero-order valence-electron chi connectivity index (χ0n) is 16.5. The van der Waals surface area contributed by atoms with Gasteiger partial charge in [0.05, 0.1) is 5.92 Å². The minimum Gasteiger partial charge on any atom is -0.508 e. The van der Waals surface area contributed by atoms with Crippen LogP contribution in [0.3, 0.4) is 0 Å².